The summed E-state index contributed by atoms with van der Waals surface area (Å²) in [6.45, 7) is 6.03. The van der Waals surface area contributed by atoms with Crippen molar-refractivity contribution in [1.82, 2.24) is 4.57 Å². The maximum Gasteiger partial charge on any atom is 0.271 e. The van der Waals surface area contributed by atoms with Gasteiger partial charge in [-0.15, -0.1) is 0 Å². The number of pyridine rings is 1. The predicted octanol–water partition coefficient (Wildman–Crippen LogP) is 2.73. The minimum absolute atomic E-state index is 0.0697. The summed E-state index contributed by atoms with van der Waals surface area (Å²) in [7, 11) is 0. The molecule has 0 aliphatic carbocycles. The molecular formula is C21H24N2O5. The third-order valence-electron chi connectivity index (χ3n) is 4.34. The first kappa shape index (κ1) is 21.2. The Kier molecular flexibility index (Phi) is 7.36. The highest BCUT2D eigenvalue weighted by atomic mass is 16.5. The molecule has 2 rings (SSSR count). The third kappa shape index (κ3) is 4.78. The molecular weight excluding hydrogens is 360 g/mol. The van der Waals surface area contributed by atoms with Crippen LogP contribution in [0.25, 0.3) is 0 Å². The molecule has 0 saturated carbocycles. The lowest BCUT2D eigenvalue weighted by molar-refractivity contribution is 0.0916. The number of nitriles is 1. The van der Waals surface area contributed by atoms with Gasteiger partial charge in [-0.25, -0.2) is 0 Å². The largest absolute Gasteiger partial charge is 0.494 e. The smallest absolute Gasteiger partial charge is 0.271 e. The quantitative estimate of drug-likeness (QED) is 0.527. The number of benzene rings is 1. The Balaban J connectivity index is 2.30. The van der Waals surface area contributed by atoms with Crippen LogP contribution in [0.3, 0.4) is 0 Å². The molecule has 0 bridgehead atoms. The van der Waals surface area contributed by atoms with Crippen LogP contribution >= 0.6 is 0 Å². The number of ether oxygens (including phenoxy) is 2. The molecule has 0 saturated heterocycles. The topological polar surface area (TPSA) is 102 Å². The first-order valence-corrected chi connectivity index (χ1v) is 9.07. The number of ketones is 1. The molecule has 148 valence electrons. The standard InChI is InChI=1S/C21H24N2O5/c1-4-27-11-5-10-23-20(25)17(12-22)15(3)19(21(23)26)18(24)13-28-16-8-6-14(2)7-9-16/h6-9,26H,4-5,10-11,13H2,1-3H3. The van der Waals surface area contributed by atoms with Crippen molar-refractivity contribution in [1.29, 1.82) is 5.26 Å². The van der Waals surface area contributed by atoms with Gasteiger partial charge in [-0.3, -0.25) is 14.2 Å². The molecule has 1 heterocycles. The highest BCUT2D eigenvalue weighted by molar-refractivity contribution is 6.01. The van der Waals surface area contributed by atoms with Gasteiger partial charge in [-0.1, -0.05) is 17.7 Å². The summed E-state index contributed by atoms with van der Waals surface area (Å²) in [4.78, 5) is 25.2. The van der Waals surface area contributed by atoms with Crippen molar-refractivity contribution in [3.63, 3.8) is 0 Å². The lowest BCUT2D eigenvalue weighted by Gasteiger charge is -2.16. The summed E-state index contributed by atoms with van der Waals surface area (Å²) in [5.41, 5.74) is 0.367. The van der Waals surface area contributed by atoms with E-state index >= 15 is 0 Å². The minimum Gasteiger partial charge on any atom is -0.494 e. The van der Waals surface area contributed by atoms with Crippen LogP contribution in [0.15, 0.2) is 29.1 Å². The molecule has 0 unspecified atom stereocenters. The summed E-state index contributed by atoms with van der Waals surface area (Å²) >= 11 is 0. The first-order chi connectivity index (χ1) is 13.4. The molecule has 1 aromatic carbocycles. The number of hydrogen-bond donors (Lipinski definition) is 1. The van der Waals surface area contributed by atoms with Crippen LogP contribution in [0.2, 0.25) is 0 Å². The van der Waals surface area contributed by atoms with E-state index in [0.29, 0.717) is 25.4 Å². The van der Waals surface area contributed by atoms with E-state index in [0.717, 1.165) is 10.1 Å². The van der Waals surface area contributed by atoms with E-state index in [2.05, 4.69) is 0 Å². The number of aryl methyl sites for hydroxylation is 1. The second kappa shape index (κ2) is 9.72. The van der Waals surface area contributed by atoms with Crippen molar-refractivity contribution in [2.45, 2.75) is 33.7 Å². The van der Waals surface area contributed by atoms with Crippen LogP contribution in [-0.2, 0) is 11.3 Å². The second-order valence-electron chi connectivity index (χ2n) is 6.34. The summed E-state index contributed by atoms with van der Waals surface area (Å²) in [6, 6.07) is 9.03. The Morgan fingerprint density at radius 2 is 1.93 bits per heavy atom. The van der Waals surface area contributed by atoms with Crippen molar-refractivity contribution >= 4 is 5.78 Å². The van der Waals surface area contributed by atoms with Crippen LogP contribution in [0.5, 0.6) is 11.6 Å². The summed E-state index contributed by atoms with van der Waals surface area (Å²) in [6.07, 6.45) is 0.461. The summed E-state index contributed by atoms with van der Waals surface area (Å²) in [5, 5.41) is 19.9. The lowest BCUT2D eigenvalue weighted by Crippen LogP contribution is -2.28. The van der Waals surface area contributed by atoms with Gasteiger partial charge in [-0.05, 0) is 44.9 Å². The fourth-order valence-electron chi connectivity index (χ4n) is 2.82. The van der Waals surface area contributed by atoms with Crippen LogP contribution in [0.4, 0.5) is 0 Å². The Labute approximate surface area is 163 Å². The van der Waals surface area contributed by atoms with E-state index in [1.807, 2.05) is 32.0 Å². The molecule has 0 aliphatic heterocycles. The van der Waals surface area contributed by atoms with Gasteiger partial charge in [0.2, 0.25) is 11.7 Å². The number of aromatic hydroxyl groups is 1. The van der Waals surface area contributed by atoms with Gasteiger partial charge in [0, 0.05) is 19.8 Å². The summed E-state index contributed by atoms with van der Waals surface area (Å²) in [5.74, 6) is -0.442. The average molecular weight is 384 g/mol. The number of nitrogens with zero attached hydrogens (tertiary/aromatic N) is 2. The molecule has 1 N–H and O–H groups in total. The van der Waals surface area contributed by atoms with Gasteiger partial charge >= 0.3 is 0 Å². The van der Waals surface area contributed by atoms with E-state index in [1.54, 1.807) is 12.1 Å². The highest BCUT2D eigenvalue weighted by Gasteiger charge is 2.24. The average Bonchev–Trinajstić information content (AvgIpc) is 2.67. The number of rotatable bonds is 9. The Morgan fingerprint density at radius 1 is 1.25 bits per heavy atom. The van der Waals surface area contributed by atoms with Crippen molar-refractivity contribution < 1.29 is 19.4 Å². The Morgan fingerprint density at radius 3 is 2.54 bits per heavy atom. The SMILES string of the molecule is CCOCCCn1c(O)c(C(=O)COc2ccc(C)cc2)c(C)c(C#N)c1=O. The van der Waals surface area contributed by atoms with Crippen LogP contribution in [0, 0.1) is 25.2 Å². The van der Waals surface area contributed by atoms with Gasteiger partial charge in [-0.2, -0.15) is 5.26 Å². The molecule has 0 fully saturated rings. The number of carbonyl (C=O) groups excluding carboxylic acids is 1. The maximum absolute atomic E-state index is 12.7. The number of carbonyl (C=O) groups is 1. The molecule has 1 aromatic heterocycles. The predicted molar refractivity (Wildman–Crippen MR) is 104 cm³/mol. The van der Waals surface area contributed by atoms with Gasteiger partial charge in [0.25, 0.3) is 5.56 Å². The van der Waals surface area contributed by atoms with E-state index in [1.165, 1.54) is 6.92 Å². The zero-order valence-electron chi connectivity index (χ0n) is 16.3. The van der Waals surface area contributed by atoms with Gasteiger partial charge in [0.15, 0.2) is 6.61 Å². The summed E-state index contributed by atoms with van der Waals surface area (Å²) < 4.78 is 11.8. The molecule has 0 aliphatic rings. The van der Waals surface area contributed by atoms with Crippen molar-refractivity contribution in [2.24, 2.45) is 0 Å². The van der Waals surface area contributed by atoms with Gasteiger partial charge < -0.3 is 14.6 Å². The van der Waals surface area contributed by atoms with Crippen molar-refractivity contribution in [3.05, 3.63) is 56.9 Å². The van der Waals surface area contributed by atoms with Crippen LogP contribution in [-0.4, -0.2) is 35.3 Å². The Hall–Kier alpha value is -3.11. The maximum atomic E-state index is 12.7. The molecule has 0 amide bonds. The second-order valence-corrected chi connectivity index (χ2v) is 6.34. The van der Waals surface area contributed by atoms with Gasteiger partial charge in [0.1, 0.15) is 17.4 Å². The number of Topliss-reactive ketones (excluding diaryl/α,β-unsaturated/α-hetero) is 1. The molecule has 0 atom stereocenters. The highest BCUT2D eigenvalue weighted by Crippen LogP contribution is 2.23. The molecule has 2 aromatic rings. The molecule has 0 radical (unpaired) electrons. The molecule has 0 spiro atoms. The Bertz CT molecular complexity index is 939. The molecule has 7 nitrogen and oxygen atoms in total. The monoisotopic (exact) mass is 384 g/mol. The fraction of sp³-hybridized carbons (Fsp3) is 0.381. The molecule has 28 heavy (non-hydrogen) atoms. The number of hydrogen-bond acceptors (Lipinski definition) is 6. The third-order valence-corrected chi connectivity index (χ3v) is 4.34. The van der Waals surface area contributed by atoms with Crippen molar-refractivity contribution in [3.8, 4) is 17.7 Å². The van der Waals surface area contributed by atoms with E-state index in [4.69, 9.17) is 9.47 Å². The zero-order valence-corrected chi connectivity index (χ0v) is 16.3. The van der Waals surface area contributed by atoms with E-state index < -0.39 is 17.2 Å². The van der Waals surface area contributed by atoms with E-state index in [-0.39, 0.29) is 29.8 Å². The number of aromatic nitrogens is 1. The van der Waals surface area contributed by atoms with Crippen molar-refractivity contribution in [2.75, 3.05) is 19.8 Å². The molecule has 7 heteroatoms. The van der Waals surface area contributed by atoms with E-state index in [9.17, 15) is 20.0 Å². The van der Waals surface area contributed by atoms with Crippen LogP contribution < -0.4 is 10.3 Å². The first-order valence-electron chi connectivity index (χ1n) is 9.07. The lowest BCUT2D eigenvalue weighted by atomic mass is 10.0. The normalized spacial score (nSPS) is 10.5. The minimum atomic E-state index is -0.620. The fourth-order valence-corrected chi connectivity index (χ4v) is 2.82. The van der Waals surface area contributed by atoms with Gasteiger partial charge in [0.05, 0.1) is 5.56 Å². The van der Waals surface area contributed by atoms with Crippen LogP contribution in [0.1, 0.15) is 40.4 Å². The zero-order chi connectivity index (χ0) is 20.7.